The number of hydrogen-bond acceptors (Lipinski definition) is 4. The van der Waals surface area contributed by atoms with E-state index >= 15 is 0 Å². The summed E-state index contributed by atoms with van der Waals surface area (Å²) in [5.74, 6) is 2.35. The molecule has 3 unspecified atom stereocenters. The summed E-state index contributed by atoms with van der Waals surface area (Å²) in [7, 11) is 0. The molecular weight excluding hydrogens is 290 g/mol. The first-order valence-corrected chi connectivity index (χ1v) is 8.50. The quantitative estimate of drug-likeness (QED) is 0.831. The van der Waals surface area contributed by atoms with Gasteiger partial charge in [-0.15, -0.1) is 11.3 Å². The first kappa shape index (κ1) is 14.1. The molecule has 0 bridgehead atoms. The average Bonchev–Trinajstić information content (AvgIpc) is 2.96. The van der Waals surface area contributed by atoms with Gasteiger partial charge in [0.1, 0.15) is 10.6 Å². The summed E-state index contributed by atoms with van der Waals surface area (Å²) >= 11 is 7.78. The highest BCUT2D eigenvalue weighted by molar-refractivity contribution is 7.18. The molecule has 1 N–H and O–H groups in total. The van der Waals surface area contributed by atoms with Gasteiger partial charge in [0.05, 0.1) is 5.39 Å². The van der Waals surface area contributed by atoms with E-state index in [-0.39, 0.29) is 0 Å². The lowest BCUT2D eigenvalue weighted by Gasteiger charge is -2.20. The molecule has 1 fully saturated rings. The molecule has 0 amide bonds. The molecule has 0 saturated heterocycles. The number of hydrogen-bond donors (Lipinski definition) is 1. The van der Waals surface area contributed by atoms with Gasteiger partial charge < -0.3 is 5.32 Å². The largest absolute Gasteiger partial charge is 0.366 e. The van der Waals surface area contributed by atoms with Crippen LogP contribution in [0.4, 0.5) is 5.82 Å². The third kappa shape index (κ3) is 2.51. The van der Waals surface area contributed by atoms with Crippen LogP contribution in [0.5, 0.6) is 0 Å². The molecule has 3 rings (SSSR count). The number of thiophene rings is 1. The first-order chi connectivity index (χ1) is 9.58. The van der Waals surface area contributed by atoms with Crippen molar-refractivity contribution in [3.8, 4) is 0 Å². The summed E-state index contributed by atoms with van der Waals surface area (Å²) in [6.07, 6.45) is 3.51. The Balaban J connectivity index is 1.96. The van der Waals surface area contributed by atoms with Crippen molar-refractivity contribution in [2.45, 2.75) is 46.1 Å². The van der Waals surface area contributed by atoms with Crippen molar-refractivity contribution in [3.63, 3.8) is 0 Å². The molecule has 2 heterocycles. The van der Waals surface area contributed by atoms with E-state index in [1.807, 2.05) is 0 Å². The molecule has 0 aromatic carbocycles. The number of aromatic nitrogens is 2. The highest BCUT2D eigenvalue weighted by Gasteiger charge is 2.30. The normalized spacial score (nSPS) is 26.3. The Hall–Kier alpha value is -0.870. The van der Waals surface area contributed by atoms with Crippen LogP contribution in [-0.2, 0) is 6.42 Å². The van der Waals surface area contributed by atoms with Crippen LogP contribution in [-0.4, -0.2) is 16.0 Å². The topological polar surface area (TPSA) is 37.8 Å². The second kappa shape index (κ2) is 5.49. The van der Waals surface area contributed by atoms with Crippen LogP contribution in [0.1, 0.15) is 38.5 Å². The molecule has 0 radical (unpaired) electrons. The van der Waals surface area contributed by atoms with Crippen LogP contribution >= 0.6 is 22.9 Å². The van der Waals surface area contributed by atoms with Gasteiger partial charge in [-0.3, -0.25) is 0 Å². The fourth-order valence-corrected chi connectivity index (χ4v) is 4.16. The second-order valence-corrected chi connectivity index (χ2v) is 7.24. The van der Waals surface area contributed by atoms with Crippen LogP contribution < -0.4 is 5.32 Å². The van der Waals surface area contributed by atoms with Gasteiger partial charge in [-0.05, 0) is 48.8 Å². The number of aryl methyl sites for hydroxylation is 1. The molecule has 108 valence electrons. The van der Waals surface area contributed by atoms with E-state index in [0.29, 0.717) is 17.2 Å². The third-order valence-electron chi connectivity index (χ3n) is 4.55. The van der Waals surface area contributed by atoms with Crippen LogP contribution in [0, 0.1) is 11.8 Å². The van der Waals surface area contributed by atoms with Gasteiger partial charge in [-0.2, -0.15) is 0 Å². The lowest BCUT2D eigenvalue weighted by atomic mass is 9.98. The molecule has 0 spiro atoms. The third-order valence-corrected chi connectivity index (χ3v) is 5.89. The number of anilines is 1. The summed E-state index contributed by atoms with van der Waals surface area (Å²) in [6.45, 7) is 6.81. The number of halogens is 1. The molecule has 0 aliphatic heterocycles. The highest BCUT2D eigenvalue weighted by Crippen LogP contribution is 2.36. The first-order valence-electron chi connectivity index (χ1n) is 7.31. The van der Waals surface area contributed by atoms with E-state index in [0.717, 1.165) is 28.4 Å². The fraction of sp³-hybridized carbons (Fsp3) is 0.600. The number of nitrogens with zero attached hydrogens (tertiary/aromatic N) is 2. The minimum absolute atomic E-state index is 0.336. The van der Waals surface area contributed by atoms with Gasteiger partial charge in [0, 0.05) is 10.9 Å². The van der Waals surface area contributed by atoms with Gasteiger partial charge in [0.15, 0.2) is 0 Å². The van der Waals surface area contributed by atoms with E-state index in [4.69, 9.17) is 11.6 Å². The zero-order valence-corrected chi connectivity index (χ0v) is 13.7. The summed E-state index contributed by atoms with van der Waals surface area (Å²) in [5, 5.41) is 5.06. The molecule has 5 heteroatoms. The van der Waals surface area contributed by atoms with Gasteiger partial charge in [-0.25, -0.2) is 9.97 Å². The van der Waals surface area contributed by atoms with Crippen molar-refractivity contribution in [1.29, 1.82) is 0 Å². The van der Waals surface area contributed by atoms with Gasteiger partial charge in [0.2, 0.25) is 5.28 Å². The van der Waals surface area contributed by atoms with Crippen LogP contribution in [0.2, 0.25) is 5.28 Å². The molecule has 2 aromatic heterocycles. The maximum Gasteiger partial charge on any atom is 0.225 e. The zero-order valence-electron chi connectivity index (χ0n) is 12.1. The summed E-state index contributed by atoms with van der Waals surface area (Å²) < 4.78 is 0. The fourth-order valence-electron chi connectivity index (χ4n) is 2.97. The highest BCUT2D eigenvalue weighted by atomic mass is 35.5. The van der Waals surface area contributed by atoms with Crippen molar-refractivity contribution >= 4 is 39.0 Å². The molecule has 2 aromatic rings. The second-order valence-electron chi connectivity index (χ2n) is 5.79. The Labute approximate surface area is 128 Å². The zero-order chi connectivity index (χ0) is 14.3. The standard InChI is InChI=1S/C15H20ClN3S/c1-4-10-7-11-13(18-15(16)19-14(11)20-10)17-12-6-5-8(2)9(12)3/h7-9,12H,4-6H2,1-3H3,(H,17,18,19). The van der Waals surface area contributed by atoms with E-state index < -0.39 is 0 Å². The van der Waals surface area contributed by atoms with Crippen LogP contribution in [0.25, 0.3) is 10.2 Å². The van der Waals surface area contributed by atoms with E-state index in [1.165, 1.54) is 17.7 Å². The number of nitrogens with one attached hydrogen (secondary N) is 1. The maximum absolute atomic E-state index is 6.07. The molecule has 1 saturated carbocycles. The van der Waals surface area contributed by atoms with Gasteiger partial charge in [-0.1, -0.05) is 20.8 Å². The minimum Gasteiger partial charge on any atom is -0.366 e. The summed E-state index contributed by atoms with van der Waals surface area (Å²) in [5.41, 5.74) is 0. The molecular formula is C15H20ClN3S. The Bertz CT molecular complexity index is 625. The Morgan fingerprint density at radius 3 is 2.80 bits per heavy atom. The van der Waals surface area contributed by atoms with Crippen LogP contribution in [0.3, 0.4) is 0 Å². The monoisotopic (exact) mass is 309 g/mol. The van der Waals surface area contributed by atoms with E-state index in [1.54, 1.807) is 11.3 Å². The lowest BCUT2D eigenvalue weighted by molar-refractivity contribution is 0.435. The number of rotatable bonds is 3. The van der Waals surface area contributed by atoms with Crippen molar-refractivity contribution in [1.82, 2.24) is 9.97 Å². The smallest absolute Gasteiger partial charge is 0.225 e. The van der Waals surface area contributed by atoms with Crippen molar-refractivity contribution in [2.75, 3.05) is 5.32 Å². The SMILES string of the molecule is CCc1cc2c(NC3CCC(C)C3C)nc(Cl)nc2s1. The van der Waals surface area contributed by atoms with Crippen molar-refractivity contribution < 1.29 is 0 Å². The van der Waals surface area contributed by atoms with Gasteiger partial charge in [0.25, 0.3) is 0 Å². The summed E-state index contributed by atoms with van der Waals surface area (Å²) in [6, 6.07) is 2.69. The van der Waals surface area contributed by atoms with E-state index in [2.05, 4.69) is 42.1 Å². The molecule has 20 heavy (non-hydrogen) atoms. The maximum atomic E-state index is 6.07. The Morgan fingerprint density at radius 2 is 2.15 bits per heavy atom. The Morgan fingerprint density at radius 1 is 1.35 bits per heavy atom. The van der Waals surface area contributed by atoms with Crippen molar-refractivity contribution in [3.05, 3.63) is 16.2 Å². The number of fused-ring (bicyclic) bond motifs is 1. The van der Waals surface area contributed by atoms with Gasteiger partial charge >= 0.3 is 0 Å². The predicted molar refractivity (Wildman–Crippen MR) is 86.8 cm³/mol. The molecule has 3 nitrogen and oxygen atoms in total. The average molecular weight is 310 g/mol. The molecule has 1 aliphatic rings. The van der Waals surface area contributed by atoms with Crippen LogP contribution in [0.15, 0.2) is 6.07 Å². The molecule has 3 atom stereocenters. The van der Waals surface area contributed by atoms with Crippen molar-refractivity contribution in [2.24, 2.45) is 11.8 Å². The lowest BCUT2D eigenvalue weighted by Crippen LogP contribution is -2.24. The predicted octanol–water partition coefficient (Wildman–Crippen LogP) is 4.75. The van der Waals surface area contributed by atoms with E-state index in [9.17, 15) is 0 Å². The Kier molecular flexibility index (Phi) is 3.87. The minimum atomic E-state index is 0.336. The molecule has 1 aliphatic carbocycles. The summed E-state index contributed by atoms with van der Waals surface area (Å²) in [4.78, 5) is 11.1.